The van der Waals surface area contributed by atoms with E-state index in [-0.39, 0.29) is 23.8 Å². The molecular weight excluding hydrogens is 470 g/mol. The normalized spacial score (nSPS) is 18.9. The van der Waals surface area contributed by atoms with Gasteiger partial charge in [0.2, 0.25) is 0 Å². The fraction of sp³-hybridized carbons (Fsp3) is 0.200. The molecule has 0 N–H and O–H groups in total. The van der Waals surface area contributed by atoms with E-state index in [0.29, 0.717) is 9.81 Å². The summed E-state index contributed by atoms with van der Waals surface area (Å²) in [5.74, 6) is -0.785. The third-order valence-corrected chi connectivity index (χ3v) is 7.08. The predicted octanol–water partition coefficient (Wildman–Crippen LogP) is 4.92. The van der Waals surface area contributed by atoms with E-state index in [1.54, 1.807) is 24.1 Å². The van der Waals surface area contributed by atoms with Crippen molar-refractivity contribution in [3.63, 3.8) is 0 Å². The van der Waals surface area contributed by atoms with Crippen molar-refractivity contribution in [3.05, 3.63) is 80.6 Å². The van der Waals surface area contributed by atoms with E-state index in [1.165, 1.54) is 0 Å². The molecule has 9 heteroatoms. The molecule has 174 valence electrons. The van der Waals surface area contributed by atoms with Crippen LogP contribution < -0.4 is 0 Å². The average Bonchev–Trinajstić information content (AvgIpc) is 3.21. The SMILES string of the molecule is Cc1ccc(/C=C2/SC(=O)N(CN(C)CN3C(=O)S/C(=C/c4ccc(C)cc4)C3=O)C2=O)cc1. The molecule has 0 saturated carbocycles. The minimum atomic E-state index is -0.393. The van der Waals surface area contributed by atoms with Crippen LogP contribution in [0.2, 0.25) is 0 Å². The standard InChI is InChI=1S/C25H23N3O4S2/c1-16-4-8-18(9-5-16)12-20-22(29)27(24(31)33-20)14-26(3)15-28-23(30)21(34-25(28)32)13-19-10-6-17(2)7-11-19/h4-13H,14-15H2,1-3H3/b20-12+,21-13+. The van der Waals surface area contributed by atoms with Crippen LogP contribution in [0.15, 0.2) is 58.3 Å². The van der Waals surface area contributed by atoms with Crippen molar-refractivity contribution in [3.8, 4) is 0 Å². The first-order valence-corrected chi connectivity index (χ1v) is 12.2. The van der Waals surface area contributed by atoms with Gasteiger partial charge in [-0.1, -0.05) is 59.7 Å². The topological polar surface area (TPSA) is 78.0 Å². The number of carbonyl (C=O) groups excluding carboxylic acids is 4. The number of hydrogen-bond acceptors (Lipinski definition) is 7. The van der Waals surface area contributed by atoms with Crippen molar-refractivity contribution in [2.45, 2.75) is 13.8 Å². The number of hydrogen-bond donors (Lipinski definition) is 0. The summed E-state index contributed by atoms with van der Waals surface area (Å²) in [6.07, 6.45) is 3.38. The molecule has 0 aliphatic carbocycles. The third-order valence-electron chi connectivity index (χ3n) is 5.26. The Hall–Kier alpha value is -3.14. The van der Waals surface area contributed by atoms with Crippen LogP contribution in [0.5, 0.6) is 0 Å². The van der Waals surface area contributed by atoms with Crippen molar-refractivity contribution in [2.24, 2.45) is 0 Å². The molecule has 0 unspecified atom stereocenters. The Morgan fingerprint density at radius 1 is 0.676 bits per heavy atom. The van der Waals surface area contributed by atoms with Gasteiger partial charge < -0.3 is 0 Å². The van der Waals surface area contributed by atoms with Crippen LogP contribution in [0.3, 0.4) is 0 Å². The van der Waals surface area contributed by atoms with Gasteiger partial charge in [0.15, 0.2) is 0 Å². The van der Waals surface area contributed by atoms with Gasteiger partial charge in [-0.3, -0.25) is 33.9 Å². The van der Waals surface area contributed by atoms with E-state index < -0.39 is 11.8 Å². The highest BCUT2D eigenvalue weighted by Crippen LogP contribution is 2.34. The fourth-order valence-electron chi connectivity index (χ4n) is 3.40. The van der Waals surface area contributed by atoms with Crippen molar-refractivity contribution >= 4 is 58.0 Å². The molecule has 2 heterocycles. The molecule has 0 spiro atoms. The molecule has 2 aliphatic rings. The van der Waals surface area contributed by atoms with Gasteiger partial charge in [0, 0.05) is 0 Å². The number of rotatable bonds is 6. The number of thioether (sulfide) groups is 2. The lowest BCUT2D eigenvalue weighted by Gasteiger charge is -2.25. The summed E-state index contributed by atoms with van der Waals surface area (Å²) < 4.78 is 0. The zero-order valence-electron chi connectivity index (χ0n) is 19.0. The van der Waals surface area contributed by atoms with Crippen LogP contribution >= 0.6 is 23.5 Å². The lowest BCUT2D eigenvalue weighted by atomic mass is 10.1. The summed E-state index contributed by atoms with van der Waals surface area (Å²) in [6, 6.07) is 15.3. The Bertz CT molecular complexity index is 1120. The van der Waals surface area contributed by atoms with Gasteiger partial charge >= 0.3 is 0 Å². The molecule has 4 rings (SSSR count). The van der Waals surface area contributed by atoms with Crippen LogP contribution in [-0.4, -0.2) is 57.4 Å². The number of aryl methyl sites for hydroxylation is 2. The molecule has 2 aromatic rings. The van der Waals surface area contributed by atoms with Crippen LogP contribution in [0, 0.1) is 13.8 Å². The van der Waals surface area contributed by atoms with E-state index in [9.17, 15) is 19.2 Å². The smallest absolute Gasteiger partial charge is 0.270 e. The molecule has 2 aliphatic heterocycles. The highest BCUT2D eigenvalue weighted by molar-refractivity contribution is 8.18. The largest absolute Gasteiger partial charge is 0.294 e. The second-order valence-corrected chi connectivity index (χ2v) is 10.2. The highest BCUT2D eigenvalue weighted by atomic mass is 32.2. The fourth-order valence-corrected chi connectivity index (χ4v) is 5.06. The van der Waals surface area contributed by atoms with Gasteiger partial charge in [-0.05, 0) is 67.7 Å². The summed E-state index contributed by atoms with van der Waals surface area (Å²) >= 11 is 1.76. The molecule has 2 saturated heterocycles. The van der Waals surface area contributed by atoms with Gasteiger partial charge in [0.05, 0.1) is 23.1 Å². The number of carbonyl (C=O) groups is 4. The number of benzene rings is 2. The first-order chi connectivity index (χ1) is 16.2. The molecule has 2 fully saturated rings. The summed E-state index contributed by atoms with van der Waals surface area (Å²) in [5.41, 5.74) is 3.88. The second kappa shape index (κ2) is 10.0. The first kappa shape index (κ1) is 24.0. The van der Waals surface area contributed by atoms with Crippen molar-refractivity contribution in [1.29, 1.82) is 0 Å². The van der Waals surface area contributed by atoms with Crippen LogP contribution in [0.4, 0.5) is 9.59 Å². The van der Waals surface area contributed by atoms with Gasteiger partial charge in [-0.2, -0.15) is 0 Å². The van der Waals surface area contributed by atoms with Crippen LogP contribution in [0.25, 0.3) is 12.2 Å². The van der Waals surface area contributed by atoms with E-state index in [1.807, 2.05) is 62.4 Å². The monoisotopic (exact) mass is 493 g/mol. The number of nitrogens with zero attached hydrogens (tertiary/aromatic N) is 3. The molecular formula is C25H23N3O4S2. The highest BCUT2D eigenvalue weighted by Gasteiger charge is 2.38. The minimum absolute atomic E-state index is 0.0331. The lowest BCUT2D eigenvalue weighted by Crippen LogP contribution is -2.45. The molecule has 34 heavy (non-hydrogen) atoms. The van der Waals surface area contributed by atoms with E-state index in [4.69, 9.17) is 0 Å². The number of imide groups is 2. The van der Waals surface area contributed by atoms with Gasteiger partial charge in [-0.25, -0.2) is 0 Å². The maximum absolute atomic E-state index is 12.8. The quantitative estimate of drug-likeness (QED) is 0.529. The zero-order chi connectivity index (χ0) is 24.4. The Balaban J connectivity index is 1.40. The van der Waals surface area contributed by atoms with E-state index in [2.05, 4.69) is 0 Å². The first-order valence-electron chi connectivity index (χ1n) is 10.5. The van der Waals surface area contributed by atoms with Gasteiger partial charge in [0.1, 0.15) is 0 Å². The Kier molecular flexibility index (Phi) is 7.06. The van der Waals surface area contributed by atoms with Crippen LogP contribution in [-0.2, 0) is 9.59 Å². The summed E-state index contributed by atoms with van der Waals surface area (Å²) in [7, 11) is 1.65. The molecule has 4 amide bonds. The van der Waals surface area contributed by atoms with Gasteiger partial charge in [0.25, 0.3) is 22.3 Å². The third kappa shape index (κ3) is 5.32. The molecule has 2 aromatic carbocycles. The van der Waals surface area contributed by atoms with Gasteiger partial charge in [-0.15, -0.1) is 0 Å². The molecule has 0 atom stereocenters. The lowest BCUT2D eigenvalue weighted by molar-refractivity contribution is -0.125. The summed E-state index contributed by atoms with van der Waals surface area (Å²) in [6.45, 7) is 3.88. The maximum atomic E-state index is 12.8. The zero-order valence-corrected chi connectivity index (χ0v) is 20.6. The Morgan fingerprint density at radius 2 is 1.03 bits per heavy atom. The minimum Gasteiger partial charge on any atom is -0.270 e. The average molecular weight is 494 g/mol. The van der Waals surface area contributed by atoms with Crippen molar-refractivity contribution in [2.75, 3.05) is 20.4 Å². The molecule has 0 bridgehead atoms. The summed E-state index contributed by atoms with van der Waals surface area (Å²) in [4.78, 5) is 55.0. The molecule has 0 aromatic heterocycles. The van der Waals surface area contributed by atoms with Crippen molar-refractivity contribution < 1.29 is 19.2 Å². The number of amides is 4. The van der Waals surface area contributed by atoms with E-state index in [0.717, 1.165) is 55.6 Å². The Morgan fingerprint density at radius 3 is 1.38 bits per heavy atom. The molecule has 0 radical (unpaired) electrons. The van der Waals surface area contributed by atoms with E-state index >= 15 is 0 Å². The second-order valence-electron chi connectivity index (χ2n) is 8.18. The summed E-state index contributed by atoms with van der Waals surface area (Å²) in [5, 5.41) is -0.771. The molecule has 7 nitrogen and oxygen atoms in total. The predicted molar refractivity (Wildman–Crippen MR) is 135 cm³/mol. The van der Waals surface area contributed by atoms with Crippen molar-refractivity contribution in [1.82, 2.24) is 14.7 Å². The Labute approximate surface area is 206 Å². The maximum Gasteiger partial charge on any atom is 0.294 e. The van der Waals surface area contributed by atoms with Crippen LogP contribution in [0.1, 0.15) is 22.3 Å².